The van der Waals surface area contributed by atoms with Crippen LogP contribution in [0.25, 0.3) is 0 Å². The summed E-state index contributed by atoms with van der Waals surface area (Å²) in [5.41, 5.74) is 1.07. The molecule has 20 heavy (non-hydrogen) atoms. The molecule has 0 spiro atoms. The zero-order valence-corrected chi connectivity index (χ0v) is 13.7. The highest BCUT2D eigenvalue weighted by molar-refractivity contribution is 7.91. The van der Waals surface area contributed by atoms with E-state index in [-0.39, 0.29) is 24.2 Å². The molecule has 0 aliphatic heterocycles. The first-order chi connectivity index (χ1) is 9.39. The SMILES string of the molecule is CCNC(C)c1ccc(OCCS(=O)(=O)CC)c(Cl)c1. The van der Waals surface area contributed by atoms with Gasteiger partial charge in [-0.3, -0.25) is 0 Å². The summed E-state index contributed by atoms with van der Waals surface area (Å²) in [5, 5.41) is 3.80. The molecular formula is C14H22ClNO3S. The van der Waals surface area contributed by atoms with E-state index >= 15 is 0 Å². The van der Waals surface area contributed by atoms with E-state index in [9.17, 15) is 8.42 Å². The lowest BCUT2D eigenvalue weighted by Gasteiger charge is -2.15. The van der Waals surface area contributed by atoms with Crippen molar-refractivity contribution in [2.75, 3.05) is 24.7 Å². The molecule has 4 nitrogen and oxygen atoms in total. The van der Waals surface area contributed by atoms with Crippen LogP contribution in [0, 0.1) is 0 Å². The second-order valence-electron chi connectivity index (χ2n) is 4.55. The fourth-order valence-corrected chi connectivity index (χ4v) is 2.62. The molecule has 0 fully saturated rings. The van der Waals surface area contributed by atoms with Gasteiger partial charge in [0.1, 0.15) is 12.4 Å². The number of benzene rings is 1. The standard InChI is InChI=1S/C14H22ClNO3S/c1-4-16-11(3)12-6-7-14(13(15)10-12)19-8-9-20(17,18)5-2/h6-7,10-11,16H,4-5,8-9H2,1-3H3. The second kappa shape index (κ2) is 7.86. The maximum atomic E-state index is 11.4. The minimum atomic E-state index is -3.01. The van der Waals surface area contributed by atoms with Crippen LogP contribution in [0.5, 0.6) is 5.75 Å². The summed E-state index contributed by atoms with van der Waals surface area (Å²) in [5.74, 6) is 0.656. The molecule has 1 aromatic carbocycles. The monoisotopic (exact) mass is 319 g/mol. The van der Waals surface area contributed by atoms with Crippen molar-refractivity contribution in [3.63, 3.8) is 0 Å². The summed E-state index contributed by atoms with van der Waals surface area (Å²) in [6.45, 7) is 6.73. The van der Waals surface area contributed by atoms with Crippen molar-refractivity contribution in [3.05, 3.63) is 28.8 Å². The third-order valence-corrected chi connectivity index (χ3v) is 5.02. The Morgan fingerprint density at radius 2 is 2.05 bits per heavy atom. The Kier molecular flexibility index (Phi) is 6.79. The Bertz CT molecular complexity index is 531. The highest BCUT2D eigenvalue weighted by Crippen LogP contribution is 2.27. The average Bonchev–Trinajstić information content (AvgIpc) is 2.40. The van der Waals surface area contributed by atoms with Crippen LogP contribution in [0.2, 0.25) is 5.02 Å². The van der Waals surface area contributed by atoms with E-state index in [0.29, 0.717) is 10.8 Å². The molecule has 0 aromatic heterocycles. The van der Waals surface area contributed by atoms with Gasteiger partial charge in [-0.25, -0.2) is 8.42 Å². The third kappa shape index (κ3) is 5.31. The van der Waals surface area contributed by atoms with Gasteiger partial charge in [0.15, 0.2) is 9.84 Å². The average molecular weight is 320 g/mol. The Labute approximate surface area is 126 Å². The molecule has 1 rings (SSSR count). The zero-order chi connectivity index (χ0) is 15.2. The molecular weight excluding hydrogens is 298 g/mol. The maximum absolute atomic E-state index is 11.4. The minimum Gasteiger partial charge on any atom is -0.491 e. The van der Waals surface area contributed by atoms with Gasteiger partial charge in [0.2, 0.25) is 0 Å². The van der Waals surface area contributed by atoms with Crippen molar-refractivity contribution < 1.29 is 13.2 Å². The molecule has 0 amide bonds. The number of hydrogen-bond acceptors (Lipinski definition) is 4. The van der Waals surface area contributed by atoms with Crippen LogP contribution in [-0.2, 0) is 9.84 Å². The summed E-state index contributed by atoms with van der Waals surface area (Å²) in [6, 6.07) is 5.78. The molecule has 0 bridgehead atoms. The molecule has 114 valence electrons. The van der Waals surface area contributed by atoms with Gasteiger partial charge in [-0.15, -0.1) is 0 Å². The lowest BCUT2D eigenvalue weighted by molar-refractivity contribution is 0.341. The highest BCUT2D eigenvalue weighted by Gasteiger charge is 2.10. The third-order valence-electron chi connectivity index (χ3n) is 3.06. The molecule has 0 saturated heterocycles. The van der Waals surface area contributed by atoms with E-state index in [1.807, 2.05) is 19.1 Å². The van der Waals surface area contributed by atoms with Crippen LogP contribution in [-0.4, -0.2) is 33.1 Å². The fourth-order valence-electron chi connectivity index (χ4n) is 1.75. The summed E-state index contributed by atoms with van der Waals surface area (Å²) < 4.78 is 28.2. The molecule has 1 aromatic rings. The van der Waals surface area contributed by atoms with E-state index in [1.54, 1.807) is 13.0 Å². The zero-order valence-electron chi connectivity index (χ0n) is 12.1. The van der Waals surface area contributed by atoms with Crippen LogP contribution in [0.3, 0.4) is 0 Å². The lowest BCUT2D eigenvalue weighted by atomic mass is 10.1. The first kappa shape index (κ1) is 17.3. The lowest BCUT2D eigenvalue weighted by Crippen LogP contribution is -2.18. The summed E-state index contributed by atoms with van der Waals surface area (Å²) in [4.78, 5) is 0. The molecule has 6 heteroatoms. The van der Waals surface area contributed by atoms with E-state index in [4.69, 9.17) is 16.3 Å². The maximum Gasteiger partial charge on any atom is 0.153 e. The minimum absolute atomic E-state index is 0.00930. The quantitative estimate of drug-likeness (QED) is 0.800. The number of nitrogens with one attached hydrogen (secondary N) is 1. The van der Waals surface area contributed by atoms with E-state index in [2.05, 4.69) is 12.2 Å². The van der Waals surface area contributed by atoms with Gasteiger partial charge >= 0.3 is 0 Å². The smallest absolute Gasteiger partial charge is 0.153 e. The number of sulfone groups is 1. The molecule has 1 atom stereocenters. The van der Waals surface area contributed by atoms with Crippen LogP contribution < -0.4 is 10.1 Å². The molecule has 0 heterocycles. The number of rotatable bonds is 8. The molecule has 0 aliphatic carbocycles. The van der Waals surface area contributed by atoms with Crippen molar-refractivity contribution in [3.8, 4) is 5.75 Å². The topological polar surface area (TPSA) is 55.4 Å². The van der Waals surface area contributed by atoms with Gasteiger partial charge in [0, 0.05) is 11.8 Å². The molecule has 0 radical (unpaired) electrons. The molecule has 1 N–H and O–H groups in total. The largest absolute Gasteiger partial charge is 0.491 e. The number of ether oxygens (including phenoxy) is 1. The Hall–Kier alpha value is -0.780. The van der Waals surface area contributed by atoms with Gasteiger partial charge in [0.25, 0.3) is 0 Å². The Morgan fingerprint density at radius 3 is 2.60 bits per heavy atom. The summed E-state index contributed by atoms with van der Waals surface area (Å²) in [6.07, 6.45) is 0. The van der Waals surface area contributed by atoms with Gasteiger partial charge in [0.05, 0.1) is 10.8 Å². The van der Waals surface area contributed by atoms with Crippen molar-refractivity contribution in [1.82, 2.24) is 5.32 Å². The Morgan fingerprint density at radius 1 is 1.35 bits per heavy atom. The van der Waals surface area contributed by atoms with Crippen LogP contribution >= 0.6 is 11.6 Å². The second-order valence-corrected chi connectivity index (χ2v) is 7.43. The van der Waals surface area contributed by atoms with Crippen LogP contribution in [0.1, 0.15) is 32.4 Å². The summed E-state index contributed by atoms with van der Waals surface area (Å²) in [7, 11) is -3.01. The van der Waals surface area contributed by atoms with Crippen molar-refractivity contribution in [2.24, 2.45) is 0 Å². The normalized spacial score (nSPS) is 13.2. The first-order valence-electron chi connectivity index (χ1n) is 6.75. The summed E-state index contributed by atoms with van der Waals surface area (Å²) >= 11 is 6.16. The van der Waals surface area contributed by atoms with Gasteiger partial charge < -0.3 is 10.1 Å². The highest BCUT2D eigenvalue weighted by atomic mass is 35.5. The van der Waals surface area contributed by atoms with Gasteiger partial charge in [-0.2, -0.15) is 0 Å². The predicted molar refractivity (Wildman–Crippen MR) is 83.4 cm³/mol. The molecule has 1 unspecified atom stereocenters. The first-order valence-corrected chi connectivity index (χ1v) is 8.95. The van der Waals surface area contributed by atoms with Crippen molar-refractivity contribution in [2.45, 2.75) is 26.8 Å². The number of hydrogen-bond donors (Lipinski definition) is 1. The van der Waals surface area contributed by atoms with Crippen molar-refractivity contribution in [1.29, 1.82) is 0 Å². The van der Waals surface area contributed by atoms with Crippen LogP contribution in [0.4, 0.5) is 0 Å². The van der Waals surface area contributed by atoms with E-state index in [1.165, 1.54) is 0 Å². The number of halogens is 1. The predicted octanol–water partition coefficient (Wildman–Crippen LogP) is 2.82. The van der Waals surface area contributed by atoms with Gasteiger partial charge in [-0.05, 0) is 31.2 Å². The molecule has 0 aliphatic rings. The van der Waals surface area contributed by atoms with Gasteiger partial charge in [-0.1, -0.05) is 31.5 Å². The fraction of sp³-hybridized carbons (Fsp3) is 0.571. The van der Waals surface area contributed by atoms with E-state index in [0.717, 1.165) is 12.1 Å². The van der Waals surface area contributed by atoms with Crippen LogP contribution in [0.15, 0.2) is 18.2 Å². The Balaban J connectivity index is 2.65. The van der Waals surface area contributed by atoms with E-state index < -0.39 is 9.84 Å². The van der Waals surface area contributed by atoms with Crippen molar-refractivity contribution >= 4 is 21.4 Å². The molecule has 0 saturated carbocycles.